The number of benzene rings is 1. The van der Waals surface area contributed by atoms with Crippen molar-refractivity contribution in [3.8, 4) is 0 Å². The third-order valence-corrected chi connectivity index (χ3v) is 15.3. The number of anilines is 1. The predicted molar refractivity (Wildman–Crippen MR) is 251 cm³/mol. The standard InChI is InChI=1S/C19H22N2O2S.C17H26N2O2S.C11H11NO2S2/c22-19(23-18-13-20-9-6-16(18)7-10-20)21(12-15-8-11-24-14-15)17-4-2-1-3-5-17;1-2-3-8-19(12-15-5-4-11-22-15)17(20)21-16-13-18-9-6-14(16)7-10-18;13-11(14)12(7-9-3-1-5-15-9)8-10-4-2-6-16-10/h1-5,8,11,14,16,18H,6-7,9-10,12-13H2;4-5,11,14,16H,2-3,6-10,12-13H2,1H3;1-6H,7-8H2,(H,13,14)/t18-;16-;/m00./s1. The number of carbonyl (C=O) groups excluding carboxylic acids is 2. The SMILES string of the molecule is CCCCN(Cc1cccs1)C(=O)O[C@H]1CN2CCC1CC2.O=C(O)N(Cc1cccs1)Cc1cccs1.O=C(O[C@H]1CN2CCC1CC2)N(Cc1ccsc1)c1ccccc1. The molecule has 0 saturated carbocycles. The third-order valence-electron chi connectivity index (χ3n) is 12.0. The lowest BCUT2D eigenvalue weighted by molar-refractivity contribution is -0.0443. The third kappa shape index (κ3) is 13.4. The lowest BCUT2D eigenvalue weighted by Gasteiger charge is -2.44. The summed E-state index contributed by atoms with van der Waals surface area (Å²) in [5.74, 6) is 1.10. The first-order chi connectivity index (χ1) is 30.3. The molecule has 0 aliphatic carbocycles. The Morgan fingerprint density at radius 3 is 1.58 bits per heavy atom. The van der Waals surface area contributed by atoms with Crippen molar-refractivity contribution in [2.75, 3.05) is 50.7 Å². The van der Waals surface area contributed by atoms with Gasteiger partial charge in [-0.05, 0) is 139 Å². The van der Waals surface area contributed by atoms with Crippen LogP contribution in [0.15, 0.2) is 99.7 Å². The molecule has 1 N–H and O–H groups in total. The smallest absolute Gasteiger partial charge is 0.414 e. The number of para-hydroxylation sites is 1. The number of ether oxygens (including phenoxy) is 2. The average Bonchev–Trinajstić information content (AvgIpc) is 4.17. The van der Waals surface area contributed by atoms with Crippen LogP contribution in [0.1, 0.15) is 65.6 Å². The van der Waals surface area contributed by atoms with Crippen LogP contribution in [0.2, 0.25) is 0 Å². The highest BCUT2D eigenvalue weighted by Crippen LogP contribution is 2.32. The quantitative estimate of drug-likeness (QED) is 0.117. The van der Waals surface area contributed by atoms with Crippen molar-refractivity contribution in [3.63, 3.8) is 0 Å². The van der Waals surface area contributed by atoms with E-state index in [2.05, 4.69) is 39.6 Å². The van der Waals surface area contributed by atoms with Crippen LogP contribution in [-0.4, -0.2) is 101 Å². The number of unbranched alkanes of at least 4 members (excludes halogenated alkanes) is 1. The van der Waals surface area contributed by atoms with E-state index in [1.807, 2.05) is 81.7 Å². The summed E-state index contributed by atoms with van der Waals surface area (Å²) in [6.45, 7) is 11.6. The van der Waals surface area contributed by atoms with Crippen LogP contribution in [0.25, 0.3) is 0 Å². The summed E-state index contributed by atoms with van der Waals surface area (Å²) in [5.41, 5.74) is 2.02. The molecule has 10 heterocycles. The fourth-order valence-electron chi connectivity index (χ4n) is 8.47. The van der Waals surface area contributed by atoms with Crippen LogP contribution < -0.4 is 4.90 Å². The topological polar surface area (TPSA) is 106 Å². The summed E-state index contributed by atoms with van der Waals surface area (Å²) >= 11 is 6.51. The van der Waals surface area contributed by atoms with Crippen LogP contribution in [0, 0.1) is 11.8 Å². The molecule has 11 nitrogen and oxygen atoms in total. The van der Waals surface area contributed by atoms with E-state index in [-0.39, 0.29) is 24.4 Å². The zero-order chi connectivity index (χ0) is 43.1. The lowest BCUT2D eigenvalue weighted by Crippen LogP contribution is -2.53. The molecule has 0 unspecified atom stereocenters. The molecule has 0 spiro atoms. The van der Waals surface area contributed by atoms with E-state index in [4.69, 9.17) is 14.6 Å². The molecule has 1 aromatic carbocycles. The van der Waals surface area contributed by atoms with E-state index in [0.717, 1.165) is 79.4 Å². The summed E-state index contributed by atoms with van der Waals surface area (Å²) in [4.78, 5) is 49.9. The van der Waals surface area contributed by atoms with Crippen molar-refractivity contribution >= 4 is 69.3 Å². The van der Waals surface area contributed by atoms with Crippen molar-refractivity contribution < 1.29 is 29.0 Å². The van der Waals surface area contributed by atoms with Crippen LogP contribution in [0.3, 0.4) is 0 Å². The number of amides is 3. The van der Waals surface area contributed by atoms with Crippen molar-refractivity contribution in [1.29, 1.82) is 0 Å². The molecule has 0 radical (unpaired) electrons. The van der Waals surface area contributed by atoms with Gasteiger partial charge in [0.1, 0.15) is 12.2 Å². The number of hydrogen-bond donors (Lipinski definition) is 1. The molecule has 6 aliphatic rings. The predicted octanol–water partition coefficient (Wildman–Crippen LogP) is 11.1. The molecule has 4 aromatic heterocycles. The van der Waals surface area contributed by atoms with Crippen LogP contribution >= 0.6 is 45.3 Å². The first-order valence-corrected chi connectivity index (χ1v) is 25.4. The molecule has 15 heteroatoms. The molecule has 5 aromatic rings. The van der Waals surface area contributed by atoms with Crippen molar-refractivity contribution in [2.45, 2.75) is 83.8 Å². The monoisotopic (exact) mass is 917 g/mol. The van der Waals surface area contributed by atoms with Gasteiger partial charge in [0.2, 0.25) is 0 Å². The maximum Gasteiger partial charge on any atom is 0.414 e. The maximum absolute atomic E-state index is 12.9. The Morgan fingerprint density at radius 2 is 1.16 bits per heavy atom. The van der Waals surface area contributed by atoms with Crippen molar-refractivity contribution in [1.82, 2.24) is 19.6 Å². The molecule has 6 fully saturated rings. The van der Waals surface area contributed by atoms with Crippen LogP contribution in [0.4, 0.5) is 20.1 Å². The Morgan fingerprint density at radius 1 is 0.645 bits per heavy atom. The number of piperidine rings is 6. The fourth-order valence-corrected chi connectivity index (χ4v) is 11.3. The molecular formula is C47H59N5O6S4. The highest BCUT2D eigenvalue weighted by atomic mass is 32.1. The molecule has 4 bridgehead atoms. The van der Waals surface area contributed by atoms with Gasteiger partial charge in [0.05, 0.1) is 26.2 Å². The van der Waals surface area contributed by atoms with E-state index in [9.17, 15) is 14.4 Å². The van der Waals surface area contributed by atoms with E-state index >= 15 is 0 Å². The molecule has 6 aliphatic heterocycles. The zero-order valence-electron chi connectivity index (χ0n) is 35.5. The van der Waals surface area contributed by atoms with Gasteiger partial charge in [-0.15, -0.1) is 34.0 Å². The number of rotatable bonds is 14. The van der Waals surface area contributed by atoms with Crippen molar-refractivity contribution in [3.05, 3.63) is 120 Å². The second-order valence-corrected chi connectivity index (χ2v) is 20.2. The molecule has 62 heavy (non-hydrogen) atoms. The number of carboxylic acid groups (broad SMARTS) is 1. The highest BCUT2D eigenvalue weighted by Gasteiger charge is 2.38. The first-order valence-electron chi connectivity index (χ1n) is 21.8. The Hall–Kier alpha value is -4.25. The van der Waals surface area contributed by atoms with Crippen LogP contribution in [0.5, 0.6) is 0 Å². The summed E-state index contributed by atoms with van der Waals surface area (Å²) in [5, 5.41) is 19.2. The van der Waals surface area contributed by atoms with Crippen LogP contribution in [-0.2, 0) is 35.7 Å². The first kappa shape index (κ1) is 45.8. The van der Waals surface area contributed by atoms with Gasteiger partial charge in [-0.1, -0.05) is 49.7 Å². The fraction of sp³-hybridized carbons (Fsp3) is 0.468. The Bertz CT molecular complexity index is 2000. The van der Waals surface area contributed by atoms with E-state index in [1.165, 1.54) is 35.7 Å². The summed E-state index contributed by atoms with van der Waals surface area (Å²) in [6.07, 6.45) is 5.68. The number of carbonyl (C=O) groups is 3. The Labute approximate surface area is 382 Å². The minimum Gasteiger partial charge on any atom is -0.465 e. The van der Waals surface area contributed by atoms with Gasteiger partial charge in [0.15, 0.2) is 0 Å². The lowest BCUT2D eigenvalue weighted by atomic mass is 9.86. The minimum atomic E-state index is -0.873. The molecule has 332 valence electrons. The van der Waals surface area contributed by atoms with E-state index in [1.54, 1.807) is 50.2 Å². The van der Waals surface area contributed by atoms with E-state index in [0.29, 0.717) is 38.0 Å². The second-order valence-electron chi connectivity index (χ2n) is 16.3. The normalized spacial score (nSPS) is 22.0. The molecule has 11 rings (SSSR count). The average molecular weight is 918 g/mol. The van der Waals surface area contributed by atoms with Gasteiger partial charge in [-0.25, -0.2) is 14.4 Å². The minimum absolute atomic E-state index is 0.0358. The Balaban J connectivity index is 0.000000143. The highest BCUT2D eigenvalue weighted by molar-refractivity contribution is 7.10. The number of thiophene rings is 4. The number of fused-ring (bicyclic) bond motifs is 6. The maximum atomic E-state index is 12.9. The number of nitrogens with zero attached hydrogens (tertiary/aromatic N) is 5. The van der Waals surface area contributed by atoms with Gasteiger partial charge in [-0.3, -0.25) is 19.6 Å². The van der Waals surface area contributed by atoms with Gasteiger partial charge < -0.3 is 19.5 Å². The van der Waals surface area contributed by atoms with Gasteiger partial charge >= 0.3 is 18.3 Å². The second kappa shape index (κ2) is 23.4. The Kier molecular flexibility index (Phi) is 17.3. The largest absolute Gasteiger partial charge is 0.465 e. The molecular weight excluding hydrogens is 859 g/mol. The van der Waals surface area contributed by atoms with E-state index < -0.39 is 6.09 Å². The number of hydrogen-bond acceptors (Lipinski definition) is 11. The van der Waals surface area contributed by atoms with Crippen molar-refractivity contribution in [2.24, 2.45) is 11.8 Å². The summed E-state index contributed by atoms with van der Waals surface area (Å²) in [7, 11) is 0. The van der Waals surface area contributed by atoms with Gasteiger partial charge in [0, 0.05) is 40.0 Å². The summed E-state index contributed by atoms with van der Waals surface area (Å²) < 4.78 is 11.8. The van der Waals surface area contributed by atoms with Gasteiger partial charge in [0.25, 0.3) is 0 Å². The molecule has 2 atom stereocenters. The molecule has 3 amide bonds. The zero-order valence-corrected chi connectivity index (χ0v) is 38.8. The van der Waals surface area contributed by atoms with Gasteiger partial charge in [-0.2, -0.15) is 11.3 Å². The molecule has 6 saturated heterocycles. The summed E-state index contributed by atoms with van der Waals surface area (Å²) in [6, 6.07) is 23.8.